The number of nitrogens with two attached hydrogens (primary N) is 1. The van der Waals surface area contributed by atoms with E-state index in [0.29, 0.717) is 0 Å². The fourth-order valence-corrected chi connectivity index (χ4v) is 1.59. The van der Waals surface area contributed by atoms with Gasteiger partial charge < -0.3 is 21.1 Å². The van der Waals surface area contributed by atoms with Crippen molar-refractivity contribution in [2.45, 2.75) is 26.2 Å². The highest BCUT2D eigenvalue weighted by Gasteiger charge is 2.00. The lowest BCUT2D eigenvalue weighted by Gasteiger charge is -2.08. The zero-order valence-electron chi connectivity index (χ0n) is 11.2. The van der Waals surface area contributed by atoms with Gasteiger partial charge in [-0.3, -0.25) is 0 Å². The van der Waals surface area contributed by atoms with Crippen LogP contribution in [0.2, 0.25) is 0 Å². The molecule has 0 saturated carbocycles. The van der Waals surface area contributed by atoms with Crippen molar-refractivity contribution < 1.29 is 4.74 Å². The Bertz CT molecular complexity index is 345. The van der Waals surface area contributed by atoms with E-state index in [4.69, 9.17) is 10.5 Å². The average Bonchev–Trinajstić information content (AvgIpc) is 2.33. The van der Waals surface area contributed by atoms with Crippen molar-refractivity contribution in [1.29, 1.82) is 0 Å². The molecule has 1 heterocycles. The van der Waals surface area contributed by atoms with E-state index < -0.39 is 0 Å². The van der Waals surface area contributed by atoms with E-state index in [1.807, 2.05) is 13.0 Å². The SMILES string of the molecule is CCNc1cc(NCCCCCOC)nc(N)n1. The van der Waals surface area contributed by atoms with Crippen molar-refractivity contribution in [3.8, 4) is 0 Å². The number of ether oxygens (including phenoxy) is 1. The second kappa shape index (κ2) is 8.52. The number of hydrogen-bond acceptors (Lipinski definition) is 6. The molecule has 0 aromatic carbocycles. The molecule has 6 heteroatoms. The van der Waals surface area contributed by atoms with E-state index in [1.165, 1.54) is 0 Å². The molecule has 6 nitrogen and oxygen atoms in total. The van der Waals surface area contributed by atoms with Crippen LogP contribution in [0, 0.1) is 0 Å². The van der Waals surface area contributed by atoms with E-state index in [2.05, 4.69) is 20.6 Å². The van der Waals surface area contributed by atoms with Crippen LogP contribution in [0.3, 0.4) is 0 Å². The Labute approximate surface area is 108 Å². The summed E-state index contributed by atoms with van der Waals surface area (Å²) in [6.45, 7) is 4.53. The number of hydrogen-bond donors (Lipinski definition) is 3. The zero-order valence-corrected chi connectivity index (χ0v) is 11.2. The summed E-state index contributed by atoms with van der Waals surface area (Å²) in [6.07, 6.45) is 3.32. The van der Waals surface area contributed by atoms with Gasteiger partial charge in [-0.15, -0.1) is 0 Å². The maximum absolute atomic E-state index is 5.64. The van der Waals surface area contributed by atoms with Crippen molar-refractivity contribution >= 4 is 17.6 Å². The Balaban J connectivity index is 2.32. The molecule has 0 unspecified atom stereocenters. The van der Waals surface area contributed by atoms with Gasteiger partial charge in [0.1, 0.15) is 11.6 Å². The minimum absolute atomic E-state index is 0.287. The number of rotatable bonds is 9. The maximum atomic E-state index is 5.64. The van der Waals surface area contributed by atoms with Crippen LogP contribution < -0.4 is 16.4 Å². The molecular weight excluding hydrogens is 230 g/mol. The number of nitrogens with zero attached hydrogens (tertiary/aromatic N) is 2. The highest BCUT2D eigenvalue weighted by atomic mass is 16.5. The van der Waals surface area contributed by atoms with Crippen molar-refractivity contribution in [2.24, 2.45) is 0 Å². The van der Waals surface area contributed by atoms with Gasteiger partial charge in [-0.25, -0.2) is 0 Å². The summed E-state index contributed by atoms with van der Waals surface area (Å²) in [7, 11) is 1.73. The molecule has 1 aromatic rings. The van der Waals surface area contributed by atoms with Gasteiger partial charge in [0.15, 0.2) is 0 Å². The molecule has 0 saturated heterocycles. The summed E-state index contributed by atoms with van der Waals surface area (Å²) in [5, 5.41) is 6.37. The van der Waals surface area contributed by atoms with E-state index >= 15 is 0 Å². The van der Waals surface area contributed by atoms with E-state index in [-0.39, 0.29) is 5.95 Å². The lowest BCUT2D eigenvalue weighted by atomic mass is 10.2. The number of aromatic nitrogens is 2. The first-order valence-corrected chi connectivity index (χ1v) is 6.37. The smallest absolute Gasteiger partial charge is 0.223 e. The monoisotopic (exact) mass is 253 g/mol. The van der Waals surface area contributed by atoms with Gasteiger partial charge in [0.25, 0.3) is 0 Å². The molecule has 0 radical (unpaired) electrons. The Morgan fingerprint density at radius 1 is 1.17 bits per heavy atom. The van der Waals surface area contributed by atoms with Crippen LogP contribution in [0.1, 0.15) is 26.2 Å². The van der Waals surface area contributed by atoms with Crippen LogP contribution in [0.25, 0.3) is 0 Å². The number of anilines is 3. The zero-order chi connectivity index (χ0) is 13.2. The summed E-state index contributed by atoms with van der Waals surface area (Å²) < 4.78 is 5.00. The van der Waals surface area contributed by atoms with Gasteiger partial charge in [-0.05, 0) is 26.2 Å². The lowest BCUT2D eigenvalue weighted by Crippen LogP contribution is -2.08. The highest BCUT2D eigenvalue weighted by Crippen LogP contribution is 2.12. The molecule has 102 valence electrons. The van der Waals surface area contributed by atoms with E-state index in [9.17, 15) is 0 Å². The number of methoxy groups -OCH3 is 1. The molecule has 18 heavy (non-hydrogen) atoms. The quantitative estimate of drug-likeness (QED) is 0.581. The van der Waals surface area contributed by atoms with Crippen molar-refractivity contribution in [3.05, 3.63) is 6.07 Å². The third kappa shape index (κ3) is 5.67. The van der Waals surface area contributed by atoms with Crippen LogP contribution >= 0.6 is 0 Å². The minimum atomic E-state index is 0.287. The lowest BCUT2D eigenvalue weighted by molar-refractivity contribution is 0.192. The number of nitrogen functional groups attached to an aromatic ring is 1. The minimum Gasteiger partial charge on any atom is -0.385 e. The van der Waals surface area contributed by atoms with Crippen LogP contribution in [-0.4, -0.2) is 36.8 Å². The average molecular weight is 253 g/mol. The van der Waals surface area contributed by atoms with Crippen LogP contribution in [0.4, 0.5) is 17.6 Å². The van der Waals surface area contributed by atoms with Crippen LogP contribution in [0.15, 0.2) is 6.07 Å². The van der Waals surface area contributed by atoms with Gasteiger partial charge in [-0.1, -0.05) is 0 Å². The molecule has 1 aromatic heterocycles. The molecule has 1 rings (SSSR count). The summed E-state index contributed by atoms with van der Waals surface area (Å²) in [5.74, 6) is 1.81. The third-order valence-corrected chi connectivity index (χ3v) is 2.43. The highest BCUT2D eigenvalue weighted by molar-refractivity contribution is 5.50. The summed E-state index contributed by atoms with van der Waals surface area (Å²) in [4.78, 5) is 8.23. The van der Waals surface area contributed by atoms with Gasteiger partial charge in [-0.2, -0.15) is 9.97 Å². The van der Waals surface area contributed by atoms with Crippen molar-refractivity contribution in [2.75, 3.05) is 43.2 Å². The fourth-order valence-electron chi connectivity index (χ4n) is 1.59. The second-order valence-electron chi connectivity index (χ2n) is 4.01. The molecule has 4 N–H and O–H groups in total. The summed E-state index contributed by atoms with van der Waals surface area (Å²) >= 11 is 0. The Kier molecular flexibility index (Phi) is 6.86. The van der Waals surface area contributed by atoms with Crippen molar-refractivity contribution in [3.63, 3.8) is 0 Å². The normalized spacial score (nSPS) is 10.3. The summed E-state index contributed by atoms with van der Waals surface area (Å²) in [6, 6.07) is 1.87. The van der Waals surface area contributed by atoms with E-state index in [0.717, 1.165) is 50.6 Å². The maximum Gasteiger partial charge on any atom is 0.223 e. The van der Waals surface area contributed by atoms with Gasteiger partial charge >= 0.3 is 0 Å². The molecule has 0 aliphatic rings. The Morgan fingerprint density at radius 3 is 2.56 bits per heavy atom. The predicted molar refractivity (Wildman–Crippen MR) is 74.8 cm³/mol. The summed E-state index contributed by atoms with van der Waals surface area (Å²) in [5.41, 5.74) is 5.64. The Hall–Kier alpha value is -1.56. The van der Waals surface area contributed by atoms with Gasteiger partial charge in [0, 0.05) is 32.9 Å². The van der Waals surface area contributed by atoms with Crippen molar-refractivity contribution in [1.82, 2.24) is 9.97 Å². The van der Waals surface area contributed by atoms with Crippen LogP contribution in [0.5, 0.6) is 0 Å². The second-order valence-corrected chi connectivity index (χ2v) is 4.01. The number of unbranched alkanes of at least 4 members (excludes halogenated alkanes) is 2. The first-order valence-electron chi connectivity index (χ1n) is 6.37. The standard InChI is InChI=1S/C12H23N5O/c1-3-14-10-9-11(17-12(13)16-10)15-7-5-4-6-8-18-2/h9H,3-8H2,1-2H3,(H4,13,14,15,16,17). The van der Waals surface area contributed by atoms with Gasteiger partial charge in [0.05, 0.1) is 0 Å². The molecular formula is C12H23N5O. The fraction of sp³-hybridized carbons (Fsp3) is 0.667. The van der Waals surface area contributed by atoms with E-state index in [1.54, 1.807) is 7.11 Å². The van der Waals surface area contributed by atoms with Gasteiger partial charge in [0.2, 0.25) is 5.95 Å². The third-order valence-electron chi connectivity index (χ3n) is 2.43. The molecule has 0 bridgehead atoms. The Morgan fingerprint density at radius 2 is 1.89 bits per heavy atom. The molecule has 0 aliphatic heterocycles. The first kappa shape index (κ1) is 14.5. The molecule has 0 amide bonds. The molecule has 0 aliphatic carbocycles. The molecule has 0 atom stereocenters. The predicted octanol–water partition coefficient (Wildman–Crippen LogP) is 1.72. The molecule has 0 spiro atoms. The molecule has 0 fully saturated rings. The first-order chi connectivity index (χ1) is 8.76. The topological polar surface area (TPSA) is 85.1 Å². The number of nitrogens with one attached hydrogen (secondary N) is 2. The van der Waals surface area contributed by atoms with Crippen LogP contribution in [-0.2, 0) is 4.74 Å². The largest absolute Gasteiger partial charge is 0.385 e.